The van der Waals surface area contributed by atoms with E-state index in [1.54, 1.807) is 27.7 Å². The SMILES string of the molecule is CC[O][Ti]([Cl])([Cl])([O]CC)([O]CC)[O]CC. The quantitative estimate of drug-likeness (QED) is 0.644. The van der Waals surface area contributed by atoms with Crippen LogP contribution < -0.4 is 0 Å². The summed E-state index contributed by atoms with van der Waals surface area (Å²) in [5, 5.41) is 0. The molecule has 0 saturated heterocycles. The molecule has 0 aromatic heterocycles. The third-order valence-electron chi connectivity index (χ3n) is 1.72. The van der Waals surface area contributed by atoms with Gasteiger partial charge in [0, 0.05) is 0 Å². The Balaban J connectivity index is 5.21. The van der Waals surface area contributed by atoms with Crippen molar-refractivity contribution in [2.45, 2.75) is 27.7 Å². The average Bonchev–Trinajstić information content (AvgIpc) is 2.04. The van der Waals surface area contributed by atoms with E-state index in [9.17, 15) is 0 Å². The van der Waals surface area contributed by atoms with Crippen molar-refractivity contribution in [3.63, 3.8) is 0 Å². The number of halogens is 2. The second kappa shape index (κ2) is 5.19. The van der Waals surface area contributed by atoms with Crippen LogP contribution in [0.25, 0.3) is 0 Å². The van der Waals surface area contributed by atoms with Gasteiger partial charge < -0.3 is 0 Å². The van der Waals surface area contributed by atoms with Gasteiger partial charge in [0.2, 0.25) is 0 Å². The minimum absolute atomic E-state index is 0.262. The molecule has 0 atom stereocenters. The van der Waals surface area contributed by atoms with Crippen LogP contribution in [0.4, 0.5) is 0 Å². The van der Waals surface area contributed by atoms with Crippen LogP contribution in [0.1, 0.15) is 27.7 Å². The summed E-state index contributed by atoms with van der Waals surface area (Å²) >= 11 is -5.66. The fourth-order valence-electron chi connectivity index (χ4n) is 1.39. The van der Waals surface area contributed by atoms with E-state index >= 15 is 0 Å². The van der Waals surface area contributed by atoms with Gasteiger partial charge in [-0.1, -0.05) is 0 Å². The molecule has 0 aliphatic heterocycles. The van der Waals surface area contributed by atoms with Gasteiger partial charge in [-0.2, -0.15) is 0 Å². The van der Waals surface area contributed by atoms with Crippen molar-refractivity contribution in [1.29, 1.82) is 0 Å². The summed E-state index contributed by atoms with van der Waals surface area (Å²) in [6.45, 7) is 8.07. The van der Waals surface area contributed by atoms with Gasteiger partial charge in [-0.3, -0.25) is 0 Å². The predicted octanol–water partition coefficient (Wildman–Crippen LogP) is 3.33. The van der Waals surface area contributed by atoms with Crippen LogP contribution in [-0.4, -0.2) is 26.4 Å². The van der Waals surface area contributed by atoms with E-state index < -0.39 is 13.5 Å². The van der Waals surface area contributed by atoms with Crippen LogP contribution in [-0.2, 0) is 26.7 Å². The van der Waals surface area contributed by atoms with Gasteiger partial charge in [-0.25, -0.2) is 0 Å². The Morgan fingerprint density at radius 1 is 0.667 bits per heavy atom. The molecule has 0 aliphatic rings. The second-order valence-corrected chi connectivity index (χ2v) is 15.9. The zero-order chi connectivity index (χ0) is 12.1. The van der Waals surface area contributed by atoms with Crippen molar-refractivity contribution >= 4 is 18.6 Å². The van der Waals surface area contributed by atoms with Gasteiger partial charge in [0.1, 0.15) is 0 Å². The standard InChI is InChI=1S/4C2H5O.2ClH.Ti/c4*1-2-3;;;/h4*2H2,1H3;2*1H;/q4*-1;;;+6/p-2. The Morgan fingerprint density at radius 3 is 1.00 bits per heavy atom. The van der Waals surface area contributed by atoms with E-state index in [2.05, 4.69) is 0 Å². The van der Waals surface area contributed by atoms with Crippen molar-refractivity contribution in [3.8, 4) is 0 Å². The summed E-state index contributed by atoms with van der Waals surface area (Å²) in [7, 11) is 12.6. The van der Waals surface area contributed by atoms with Gasteiger partial charge in [0.05, 0.1) is 0 Å². The molecule has 0 aliphatic carbocycles. The molecule has 0 aromatic carbocycles. The molecular formula is C8H20Cl2O4Ti. The summed E-state index contributed by atoms with van der Waals surface area (Å²) < 4.78 is 21.5. The molecule has 0 bridgehead atoms. The molecule has 0 amide bonds. The normalized spacial score (nSPS) is 17.2. The van der Waals surface area contributed by atoms with Crippen LogP contribution in [0.5, 0.6) is 0 Å². The van der Waals surface area contributed by atoms with Crippen LogP contribution >= 0.6 is 18.6 Å². The summed E-state index contributed by atoms with van der Waals surface area (Å²) in [6.07, 6.45) is 0. The molecule has 0 saturated carbocycles. The van der Waals surface area contributed by atoms with Crippen molar-refractivity contribution in [1.82, 2.24) is 0 Å². The molecule has 4 nitrogen and oxygen atoms in total. The summed E-state index contributed by atoms with van der Waals surface area (Å²) in [5.74, 6) is 0. The minimum atomic E-state index is -5.66. The number of hydrogen-bond acceptors (Lipinski definition) is 4. The molecule has 94 valence electrons. The van der Waals surface area contributed by atoms with Crippen molar-refractivity contribution in [2.75, 3.05) is 26.4 Å². The third-order valence-corrected chi connectivity index (χ3v) is 10.7. The summed E-state index contributed by atoms with van der Waals surface area (Å²) in [6, 6.07) is 0. The molecule has 0 rings (SSSR count). The Bertz CT molecular complexity index is 177. The Morgan fingerprint density at radius 2 is 0.867 bits per heavy atom. The molecule has 0 heterocycles. The Labute approximate surface area is 99.2 Å². The van der Waals surface area contributed by atoms with Crippen LogP contribution in [0.15, 0.2) is 0 Å². The fourth-order valence-corrected chi connectivity index (χ4v) is 9.34. The third kappa shape index (κ3) is 4.13. The van der Waals surface area contributed by atoms with E-state index in [4.69, 9.17) is 31.9 Å². The van der Waals surface area contributed by atoms with Crippen molar-refractivity contribution < 1.29 is 26.7 Å². The van der Waals surface area contributed by atoms with E-state index in [0.717, 1.165) is 0 Å². The first-order valence-electron chi connectivity index (χ1n) is 5.18. The van der Waals surface area contributed by atoms with E-state index in [-0.39, 0.29) is 26.4 Å². The monoisotopic (exact) mass is 298 g/mol. The first kappa shape index (κ1) is 16.1. The number of hydrogen-bond donors (Lipinski definition) is 0. The summed E-state index contributed by atoms with van der Waals surface area (Å²) in [4.78, 5) is 0. The molecule has 0 N–H and O–H groups in total. The summed E-state index contributed by atoms with van der Waals surface area (Å²) in [5.41, 5.74) is 0. The van der Waals surface area contributed by atoms with Gasteiger partial charge in [0.15, 0.2) is 0 Å². The Kier molecular flexibility index (Phi) is 5.58. The first-order chi connectivity index (χ1) is 6.80. The topological polar surface area (TPSA) is 36.9 Å². The molecule has 0 radical (unpaired) electrons. The molecule has 15 heavy (non-hydrogen) atoms. The zero-order valence-corrected chi connectivity index (χ0v) is 12.8. The van der Waals surface area contributed by atoms with Gasteiger partial charge in [-0.15, -0.1) is 0 Å². The zero-order valence-electron chi connectivity index (χ0n) is 9.72. The van der Waals surface area contributed by atoms with Gasteiger partial charge in [0.25, 0.3) is 0 Å². The van der Waals surface area contributed by atoms with Crippen LogP contribution in [0, 0.1) is 0 Å². The predicted molar refractivity (Wildman–Crippen MR) is 58.2 cm³/mol. The molecule has 7 heteroatoms. The van der Waals surface area contributed by atoms with E-state index in [1.807, 2.05) is 0 Å². The van der Waals surface area contributed by atoms with Crippen LogP contribution in [0.2, 0.25) is 0 Å². The van der Waals surface area contributed by atoms with Crippen LogP contribution in [0.3, 0.4) is 0 Å². The average molecular weight is 299 g/mol. The van der Waals surface area contributed by atoms with E-state index in [0.29, 0.717) is 0 Å². The second-order valence-electron chi connectivity index (χ2n) is 2.92. The van der Waals surface area contributed by atoms with E-state index in [1.165, 1.54) is 0 Å². The van der Waals surface area contributed by atoms with Gasteiger partial charge >= 0.3 is 99.5 Å². The fraction of sp³-hybridized carbons (Fsp3) is 1.00. The van der Waals surface area contributed by atoms with Gasteiger partial charge in [-0.05, 0) is 0 Å². The molecule has 0 spiro atoms. The number of rotatable bonds is 8. The molecular weight excluding hydrogens is 279 g/mol. The maximum absolute atomic E-state index is 6.32. The Hall–Kier alpha value is 1.13. The van der Waals surface area contributed by atoms with Crippen molar-refractivity contribution in [2.24, 2.45) is 0 Å². The molecule has 0 fully saturated rings. The molecule has 0 unspecified atom stereocenters. The maximum atomic E-state index is 6.32. The first-order valence-corrected chi connectivity index (χ1v) is 12.0. The molecule has 0 aromatic rings. The van der Waals surface area contributed by atoms with Crippen molar-refractivity contribution in [3.05, 3.63) is 0 Å².